The first-order valence-electron chi connectivity index (χ1n) is 8.61. The summed E-state index contributed by atoms with van der Waals surface area (Å²) in [5.74, 6) is -0.832. The summed E-state index contributed by atoms with van der Waals surface area (Å²) >= 11 is 0. The SMILES string of the molecule is CC(C)(C)OC(=O)OC(=O)[C@@H](N)Cc1cc(Oc2ccccc2)cnc1[N+](=O)[O-]. The Kier molecular flexibility index (Phi) is 6.84. The van der Waals surface area contributed by atoms with Crippen molar-refractivity contribution in [3.05, 3.63) is 58.3 Å². The largest absolute Gasteiger partial charge is 0.516 e. The number of para-hydroxylation sites is 1. The Bertz CT molecular complexity index is 894. The number of nitrogens with zero attached hydrogens (tertiary/aromatic N) is 2. The van der Waals surface area contributed by atoms with Crippen LogP contribution in [0.3, 0.4) is 0 Å². The molecule has 0 fully saturated rings. The van der Waals surface area contributed by atoms with Gasteiger partial charge in [0.05, 0.1) is 5.56 Å². The van der Waals surface area contributed by atoms with Gasteiger partial charge in [-0.1, -0.05) is 18.2 Å². The Hall–Kier alpha value is -3.53. The van der Waals surface area contributed by atoms with Gasteiger partial charge in [-0.25, -0.2) is 9.59 Å². The fraction of sp³-hybridized carbons (Fsp3) is 0.316. The summed E-state index contributed by atoms with van der Waals surface area (Å²) in [5.41, 5.74) is 4.96. The molecule has 154 valence electrons. The molecule has 0 aliphatic carbocycles. The second-order valence-electron chi connectivity index (χ2n) is 7.02. The smallest absolute Gasteiger partial charge is 0.453 e. The molecule has 0 spiro atoms. The minimum atomic E-state index is -1.35. The van der Waals surface area contributed by atoms with Gasteiger partial charge in [0.1, 0.15) is 17.4 Å². The van der Waals surface area contributed by atoms with Crippen molar-refractivity contribution >= 4 is 17.9 Å². The zero-order valence-electron chi connectivity index (χ0n) is 16.2. The van der Waals surface area contributed by atoms with E-state index < -0.39 is 34.5 Å². The summed E-state index contributed by atoms with van der Waals surface area (Å²) in [6, 6.07) is 8.74. The van der Waals surface area contributed by atoms with Gasteiger partial charge < -0.3 is 30.1 Å². The van der Waals surface area contributed by atoms with Crippen LogP contribution in [-0.2, 0) is 20.7 Å². The lowest BCUT2D eigenvalue weighted by atomic mass is 10.1. The number of hydrogen-bond acceptors (Lipinski definition) is 9. The predicted molar refractivity (Wildman–Crippen MR) is 101 cm³/mol. The Balaban J connectivity index is 2.14. The molecule has 2 N–H and O–H groups in total. The molecule has 29 heavy (non-hydrogen) atoms. The first kappa shape index (κ1) is 21.8. The molecule has 1 aromatic heterocycles. The van der Waals surface area contributed by atoms with E-state index in [4.69, 9.17) is 15.2 Å². The van der Waals surface area contributed by atoms with Crippen LogP contribution in [0.1, 0.15) is 26.3 Å². The molecular weight excluding hydrogens is 382 g/mol. The van der Waals surface area contributed by atoms with Gasteiger partial charge in [-0.15, -0.1) is 0 Å². The Morgan fingerprint density at radius 2 is 1.86 bits per heavy atom. The summed E-state index contributed by atoms with van der Waals surface area (Å²) in [6.45, 7) is 4.81. The lowest BCUT2D eigenvalue weighted by molar-refractivity contribution is -0.390. The van der Waals surface area contributed by atoms with Crippen molar-refractivity contribution < 1.29 is 28.7 Å². The molecular formula is C19H21N3O7. The molecule has 0 aliphatic rings. The third-order valence-electron chi connectivity index (χ3n) is 3.39. The molecule has 0 radical (unpaired) electrons. The molecule has 10 nitrogen and oxygen atoms in total. The summed E-state index contributed by atoms with van der Waals surface area (Å²) in [6.07, 6.45) is -0.303. The van der Waals surface area contributed by atoms with E-state index in [0.29, 0.717) is 5.75 Å². The number of nitro groups is 1. The monoisotopic (exact) mass is 403 g/mol. The average molecular weight is 403 g/mol. The van der Waals surface area contributed by atoms with Crippen LogP contribution in [0.25, 0.3) is 0 Å². The highest BCUT2D eigenvalue weighted by molar-refractivity contribution is 5.85. The Morgan fingerprint density at radius 3 is 2.45 bits per heavy atom. The van der Waals surface area contributed by atoms with Gasteiger partial charge in [-0.3, -0.25) is 0 Å². The van der Waals surface area contributed by atoms with Crippen molar-refractivity contribution in [3.8, 4) is 11.5 Å². The predicted octanol–water partition coefficient (Wildman–Crippen LogP) is 3.13. The van der Waals surface area contributed by atoms with Gasteiger partial charge in [-0.2, -0.15) is 0 Å². The highest BCUT2D eigenvalue weighted by Gasteiger charge is 2.27. The maximum absolute atomic E-state index is 12.0. The lowest BCUT2D eigenvalue weighted by Crippen LogP contribution is -2.37. The minimum Gasteiger partial charge on any atom is -0.453 e. The van der Waals surface area contributed by atoms with Crippen LogP contribution >= 0.6 is 0 Å². The molecule has 0 aliphatic heterocycles. The summed E-state index contributed by atoms with van der Waals surface area (Å²) < 4.78 is 15.0. The van der Waals surface area contributed by atoms with Crippen LogP contribution in [0, 0.1) is 10.1 Å². The van der Waals surface area contributed by atoms with E-state index >= 15 is 0 Å². The van der Waals surface area contributed by atoms with Gasteiger partial charge in [0, 0.05) is 6.42 Å². The number of hydrogen-bond donors (Lipinski definition) is 1. The number of benzene rings is 1. The number of pyridine rings is 1. The fourth-order valence-electron chi connectivity index (χ4n) is 2.23. The zero-order chi connectivity index (χ0) is 21.6. The third kappa shape index (κ3) is 6.85. The molecule has 0 saturated heterocycles. The van der Waals surface area contributed by atoms with Crippen molar-refractivity contribution in [1.82, 2.24) is 4.98 Å². The summed E-state index contributed by atoms with van der Waals surface area (Å²) in [5, 5.41) is 11.2. The fourth-order valence-corrected chi connectivity index (χ4v) is 2.23. The number of rotatable bonds is 6. The highest BCUT2D eigenvalue weighted by atomic mass is 16.7. The Labute approximate surface area is 166 Å². The lowest BCUT2D eigenvalue weighted by Gasteiger charge is -2.19. The number of ether oxygens (including phenoxy) is 3. The zero-order valence-corrected chi connectivity index (χ0v) is 16.2. The average Bonchev–Trinajstić information content (AvgIpc) is 2.60. The van der Waals surface area contributed by atoms with Gasteiger partial charge in [0.25, 0.3) is 0 Å². The number of esters is 1. The Morgan fingerprint density at radius 1 is 1.21 bits per heavy atom. The van der Waals surface area contributed by atoms with Gasteiger partial charge in [-0.05, 0) is 48.9 Å². The normalized spacial score (nSPS) is 12.0. The van der Waals surface area contributed by atoms with Crippen LogP contribution in [0.15, 0.2) is 42.6 Å². The number of nitrogens with two attached hydrogens (primary N) is 1. The van der Waals surface area contributed by atoms with Crippen molar-refractivity contribution in [2.75, 3.05) is 0 Å². The maximum atomic E-state index is 12.0. The molecule has 2 aromatic rings. The quantitative estimate of drug-likeness (QED) is 0.333. The summed E-state index contributed by atoms with van der Waals surface area (Å²) in [7, 11) is 0. The molecule has 0 amide bonds. The molecule has 1 atom stereocenters. The van der Waals surface area contributed by atoms with Crippen molar-refractivity contribution in [1.29, 1.82) is 0 Å². The van der Waals surface area contributed by atoms with Crippen molar-refractivity contribution in [3.63, 3.8) is 0 Å². The number of carbonyl (C=O) groups excluding carboxylic acids is 2. The van der Waals surface area contributed by atoms with Gasteiger partial charge in [0.2, 0.25) is 0 Å². The molecule has 10 heteroatoms. The van der Waals surface area contributed by atoms with E-state index in [1.807, 2.05) is 6.07 Å². The molecule has 2 rings (SSSR count). The molecule has 1 heterocycles. The molecule has 0 bridgehead atoms. The molecule has 0 unspecified atom stereocenters. The van der Waals surface area contributed by atoms with E-state index in [1.54, 1.807) is 45.0 Å². The second-order valence-corrected chi connectivity index (χ2v) is 7.02. The van der Waals surface area contributed by atoms with Crippen LogP contribution in [0.4, 0.5) is 10.6 Å². The van der Waals surface area contributed by atoms with E-state index in [0.717, 1.165) is 0 Å². The van der Waals surface area contributed by atoms with E-state index in [1.165, 1.54) is 12.3 Å². The minimum absolute atomic E-state index is 0.0528. The first-order valence-corrected chi connectivity index (χ1v) is 8.61. The highest BCUT2D eigenvalue weighted by Crippen LogP contribution is 2.26. The van der Waals surface area contributed by atoms with E-state index in [-0.39, 0.29) is 17.7 Å². The van der Waals surface area contributed by atoms with Gasteiger partial charge in [0.15, 0.2) is 11.9 Å². The van der Waals surface area contributed by atoms with Gasteiger partial charge >= 0.3 is 17.9 Å². The van der Waals surface area contributed by atoms with Crippen LogP contribution in [0.2, 0.25) is 0 Å². The molecule has 1 aromatic carbocycles. The van der Waals surface area contributed by atoms with E-state index in [2.05, 4.69) is 9.72 Å². The molecule has 0 saturated carbocycles. The topological polar surface area (TPSA) is 144 Å². The van der Waals surface area contributed by atoms with Crippen LogP contribution < -0.4 is 10.5 Å². The first-order chi connectivity index (χ1) is 13.5. The van der Waals surface area contributed by atoms with Crippen molar-refractivity contribution in [2.45, 2.75) is 38.8 Å². The standard InChI is InChI=1S/C19H21N3O7/c1-19(2,3)29-18(24)28-17(23)15(20)10-12-9-14(11-21-16(12)22(25)26)27-13-7-5-4-6-8-13/h4-9,11,15H,10,20H2,1-3H3/t15-/m0/s1. The van der Waals surface area contributed by atoms with Crippen LogP contribution in [-0.4, -0.2) is 33.7 Å². The van der Waals surface area contributed by atoms with Crippen molar-refractivity contribution in [2.24, 2.45) is 5.73 Å². The summed E-state index contributed by atoms with van der Waals surface area (Å²) in [4.78, 5) is 37.9. The second kappa shape index (κ2) is 9.11. The number of carbonyl (C=O) groups is 2. The van der Waals surface area contributed by atoms with E-state index in [9.17, 15) is 19.7 Å². The van der Waals surface area contributed by atoms with Crippen LogP contribution in [0.5, 0.6) is 11.5 Å². The maximum Gasteiger partial charge on any atom is 0.516 e. The third-order valence-corrected chi connectivity index (χ3v) is 3.39. The number of aromatic nitrogens is 1.